The van der Waals surface area contributed by atoms with Crippen molar-refractivity contribution in [2.24, 2.45) is 0 Å². The molecule has 2 aliphatic rings. The Bertz CT molecular complexity index is 270. The van der Waals surface area contributed by atoms with Gasteiger partial charge in [0.25, 0.3) is 0 Å². The Hall–Kier alpha value is -0.160. The van der Waals surface area contributed by atoms with Gasteiger partial charge in [-0.2, -0.15) is 0 Å². The Morgan fingerprint density at radius 3 is 2.74 bits per heavy atom. The molecule has 0 amide bonds. The van der Waals surface area contributed by atoms with Gasteiger partial charge in [0.2, 0.25) is 0 Å². The minimum atomic E-state index is -0.0342. The molecule has 2 N–H and O–H groups in total. The summed E-state index contributed by atoms with van der Waals surface area (Å²) in [6.07, 6.45) is 5.00. The summed E-state index contributed by atoms with van der Waals surface area (Å²) in [4.78, 5) is 5.02. The van der Waals surface area contributed by atoms with Gasteiger partial charge in [-0.3, -0.25) is 4.90 Å². The van der Waals surface area contributed by atoms with Crippen LogP contribution in [-0.4, -0.2) is 72.4 Å². The van der Waals surface area contributed by atoms with Crippen LogP contribution in [0.2, 0.25) is 0 Å². The maximum absolute atomic E-state index is 9.93. The number of aliphatic hydroxyl groups excluding tert-OH is 1. The highest BCUT2D eigenvalue weighted by Gasteiger charge is 2.47. The van der Waals surface area contributed by atoms with E-state index in [0.29, 0.717) is 6.04 Å². The number of rotatable bonds is 7. The van der Waals surface area contributed by atoms with Crippen molar-refractivity contribution in [2.75, 3.05) is 45.9 Å². The molecule has 0 bridgehead atoms. The Kier molecular flexibility index (Phi) is 5.63. The predicted octanol–water partition coefficient (Wildman–Crippen LogP) is 0.907. The number of hydrogen-bond donors (Lipinski definition) is 2. The molecule has 19 heavy (non-hydrogen) atoms. The number of fused-ring (bicyclic) bond motifs is 1. The Morgan fingerprint density at radius 1 is 1.26 bits per heavy atom. The molecule has 2 fully saturated rings. The minimum absolute atomic E-state index is 0.0342. The smallest absolute Gasteiger partial charge is 0.0629 e. The first-order valence-electron chi connectivity index (χ1n) is 8.08. The standard InChI is InChI=1S/C15H31N3O/c1-3-17(4-2)12-9-16-15(13-19)8-11-18-10-6-5-7-14(15)18/h14,16,19H,3-13H2,1-2H3. The van der Waals surface area contributed by atoms with E-state index in [9.17, 15) is 5.11 Å². The molecule has 0 aliphatic carbocycles. The van der Waals surface area contributed by atoms with Crippen LogP contribution in [0, 0.1) is 0 Å². The molecule has 112 valence electrons. The van der Waals surface area contributed by atoms with Gasteiger partial charge in [-0.05, 0) is 38.9 Å². The van der Waals surface area contributed by atoms with E-state index in [2.05, 4.69) is 29.0 Å². The molecule has 4 nitrogen and oxygen atoms in total. The highest BCUT2D eigenvalue weighted by molar-refractivity contribution is 5.06. The van der Waals surface area contributed by atoms with E-state index in [-0.39, 0.29) is 12.1 Å². The van der Waals surface area contributed by atoms with Crippen LogP contribution in [0.5, 0.6) is 0 Å². The van der Waals surface area contributed by atoms with Crippen LogP contribution in [0.3, 0.4) is 0 Å². The molecule has 0 aromatic carbocycles. The van der Waals surface area contributed by atoms with E-state index >= 15 is 0 Å². The van der Waals surface area contributed by atoms with Gasteiger partial charge in [0.1, 0.15) is 0 Å². The molecule has 4 heteroatoms. The van der Waals surface area contributed by atoms with Crippen LogP contribution in [0.25, 0.3) is 0 Å². The zero-order chi connectivity index (χ0) is 13.7. The summed E-state index contributed by atoms with van der Waals surface area (Å²) in [5.41, 5.74) is -0.0342. The van der Waals surface area contributed by atoms with E-state index in [4.69, 9.17) is 0 Å². The number of nitrogens with zero attached hydrogens (tertiary/aromatic N) is 2. The summed E-state index contributed by atoms with van der Waals surface area (Å²) in [7, 11) is 0. The number of aliphatic hydroxyl groups is 1. The monoisotopic (exact) mass is 269 g/mol. The van der Waals surface area contributed by atoms with E-state index < -0.39 is 0 Å². The summed E-state index contributed by atoms with van der Waals surface area (Å²) < 4.78 is 0. The molecule has 2 rings (SSSR count). The second kappa shape index (κ2) is 7.02. The highest BCUT2D eigenvalue weighted by Crippen LogP contribution is 2.34. The van der Waals surface area contributed by atoms with Crippen molar-refractivity contribution in [3.63, 3.8) is 0 Å². The lowest BCUT2D eigenvalue weighted by atomic mass is 9.86. The summed E-state index contributed by atoms with van der Waals surface area (Å²) in [5, 5.41) is 13.6. The highest BCUT2D eigenvalue weighted by atomic mass is 16.3. The van der Waals surface area contributed by atoms with Gasteiger partial charge < -0.3 is 15.3 Å². The lowest BCUT2D eigenvalue weighted by molar-refractivity contribution is 0.0853. The second-order valence-corrected chi connectivity index (χ2v) is 6.07. The predicted molar refractivity (Wildman–Crippen MR) is 79.4 cm³/mol. The van der Waals surface area contributed by atoms with Gasteiger partial charge in [-0.1, -0.05) is 20.3 Å². The van der Waals surface area contributed by atoms with Gasteiger partial charge in [0.05, 0.1) is 12.1 Å². The van der Waals surface area contributed by atoms with Gasteiger partial charge in [0.15, 0.2) is 0 Å². The molecule has 0 aromatic rings. The number of likely N-dealkylation sites (N-methyl/N-ethyl adjacent to an activating group) is 1. The largest absolute Gasteiger partial charge is 0.394 e. The summed E-state index contributed by atoms with van der Waals surface area (Å²) in [6, 6.07) is 0.558. The maximum atomic E-state index is 9.93. The quantitative estimate of drug-likeness (QED) is 0.720. The van der Waals surface area contributed by atoms with Gasteiger partial charge in [-0.25, -0.2) is 0 Å². The Labute approximate surface area is 118 Å². The molecular weight excluding hydrogens is 238 g/mol. The third kappa shape index (κ3) is 3.30. The topological polar surface area (TPSA) is 38.7 Å². The molecule has 0 aromatic heterocycles. The van der Waals surface area contributed by atoms with E-state index in [1.54, 1.807) is 0 Å². The van der Waals surface area contributed by atoms with Crippen LogP contribution in [-0.2, 0) is 0 Å². The molecule has 2 unspecified atom stereocenters. The fourth-order valence-electron chi connectivity index (χ4n) is 3.84. The zero-order valence-electron chi connectivity index (χ0n) is 12.7. The van der Waals surface area contributed by atoms with Crippen LogP contribution in [0.4, 0.5) is 0 Å². The molecule has 0 spiro atoms. The van der Waals surface area contributed by atoms with Gasteiger partial charge >= 0.3 is 0 Å². The summed E-state index contributed by atoms with van der Waals surface area (Å²) in [5.74, 6) is 0. The van der Waals surface area contributed by atoms with Crippen molar-refractivity contribution >= 4 is 0 Å². The fraction of sp³-hybridized carbons (Fsp3) is 1.00. The zero-order valence-corrected chi connectivity index (χ0v) is 12.7. The first kappa shape index (κ1) is 15.2. The van der Waals surface area contributed by atoms with Gasteiger partial charge in [0, 0.05) is 25.7 Å². The number of piperidine rings is 1. The van der Waals surface area contributed by atoms with E-state index in [1.165, 1.54) is 25.8 Å². The maximum Gasteiger partial charge on any atom is 0.0629 e. The molecular formula is C15H31N3O. The summed E-state index contributed by atoms with van der Waals surface area (Å²) in [6.45, 7) is 11.4. The normalized spacial score (nSPS) is 31.9. The average Bonchev–Trinajstić information content (AvgIpc) is 2.83. The second-order valence-electron chi connectivity index (χ2n) is 6.07. The molecule has 2 aliphatic heterocycles. The lowest BCUT2D eigenvalue weighted by Gasteiger charge is -2.40. The first-order chi connectivity index (χ1) is 9.25. The molecule has 0 radical (unpaired) electrons. The van der Waals surface area contributed by atoms with Crippen molar-refractivity contribution in [2.45, 2.75) is 51.1 Å². The van der Waals surface area contributed by atoms with Crippen molar-refractivity contribution in [3.8, 4) is 0 Å². The SMILES string of the molecule is CCN(CC)CCNC1(CO)CCN2CCCCC21. The lowest BCUT2D eigenvalue weighted by Crippen LogP contribution is -2.59. The molecule has 2 atom stereocenters. The van der Waals surface area contributed by atoms with Crippen LogP contribution in [0.1, 0.15) is 39.5 Å². The molecule has 0 saturated carbocycles. The Morgan fingerprint density at radius 2 is 2.05 bits per heavy atom. The molecule has 2 saturated heterocycles. The first-order valence-corrected chi connectivity index (χ1v) is 8.08. The average molecular weight is 269 g/mol. The van der Waals surface area contributed by atoms with Crippen molar-refractivity contribution in [1.29, 1.82) is 0 Å². The minimum Gasteiger partial charge on any atom is -0.394 e. The van der Waals surface area contributed by atoms with Crippen molar-refractivity contribution in [1.82, 2.24) is 15.1 Å². The summed E-state index contributed by atoms with van der Waals surface area (Å²) >= 11 is 0. The number of nitrogens with one attached hydrogen (secondary N) is 1. The third-order valence-corrected chi connectivity index (χ3v) is 5.18. The van der Waals surface area contributed by atoms with E-state index in [1.807, 2.05) is 0 Å². The Balaban J connectivity index is 1.88. The van der Waals surface area contributed by atoms with Crippen molar-refractivity contribution < 1.29 is 5.11 Å². The van der Waals surface area contributed by atoms with E-state index in [0.717, 1.165) is 39.1 Å². The molecule has 2 heterocycles. The van der Waals surface area contributed by atoms with Crippen LogP contribution < -0.4 is 5.32 Å². The fourth-order valence-corrected chi connectivity index (χ4v) is 3.84. The van der Waals surface area contributed by atoms with Crippen LogP contribution in [0.15, 0.2) is 0 Å². The third-order valence-electron chi connectivity index (χ3n) is 5.18. The van der Waals surface area contributed by atoms with Crippen LogP contribution >= 0.6 is 0 Å². The van der Waals surface area contributed by atoms with Crippen molar-refractivity contribution in [3.05, 3.63) is 0 Å². The number of hydrogen-bond acceptors (Lipinski definition) is 4. The van der Waals surface area contributed by atoms with Gasteiger partial charge in [-0.15, -0.1) is 0 Å².